The number of rotatable bonds is 12. The van der Waals surface area contributed by atoms with Crippen LogP contribution in [0.25, 0.3) is 0 Å². The normalized spacial score (nSPS) is 26.2. The molecule has 2 unspecified atom stereocenters. The van der Waals surface area contributed by atoms with Crippen LogP contribution in [-0.2, 0) is 0 Å². The molecule has 2 heteroatoms. The molecule has 0 saturated heterocycles. The third-order valence-electron chi connectivity index (χ3n) is 15.4. The van der Waals surface area contributed by atoms with Gasteiger partial charge in [0.15, 0.2) is 0 Å². The summed E-state index contributed by atoms with van der Waals surface area (Å²) in [5.41, 5.74) is 21.2. The minimum atomic E-state index is -0.186. The molecular formula is C56H69NO. The van der Waals surface area contributed by atoms with Gasteiger partial charge in [0.05, 0.1) is 11.5 Å². The molecule has 0 aromatic rings. The van der Waals surface area contributed by atoms with Crippen molar-refractivity contribution in [3.05, 3.63) is 175 Å². The lowest BCUT2D eigenvalue weighted by Gasteiger charge is -2.41. The molecule has 8 aliphatic carbocycles. The number of nitrogens with one attached hydrogen (secondary N) is 1. The number of hydrogen-bond acceptors (Lipinski definition) is 2. The summed E-state index contributed by atoms with van der Waals surface area (Å²) in [5.74, 6) is 0.445. The van der Waals surface area contributed by atoms with Crippen LogP contribution in [0.5, 0.6) is 0 Å². The summed E-state index contributed by atoms with van der Waals surface area (Å²) in [6.45, 7) is 11.9. The van der Waals surface area contributed by atoms with Crippen molar-refractivity contribution in [1.29, 1.82) is 0 Å². The minimum absolute atomic E-state index is 0.165. The van der Waals surface area contributed by atoms with Gasteiger partial charge in [-0.1, -0.05) is 135 Å². The molecule has 304 valence electrons. The standard InChI is InChI=1S/C56H69NO/c1-6-45(29-20-39(4)40-25-34-48(35-26-40)57-49-15-13-14-44(38-49)43-27-36-50(58)37-28-43)56(53-18-11-9-16-51(53)52-17-10-12-19-54(52)56)47-32-23-42(24-33-47)41-21-30-46(31-22-41)55(5,7-2)8-3/h11-13,15,18-21,23,25,27,29-30,32,34,38,44,50,57-58H,6-10,14,16-17,22,24,26,28,31,33,35-37H2,1-5H3/b39-20+,45-29+. The largest absolute Gasteiger partial charge is 0.393 e. The highest BCUT2D eigenvalue weighted by Crippen LogP contribution is 2.62. The molecule has 0 bridgehead atoms. The summed E-state index contributed by atoms with van der Waals surface area (Å²) in [6.07, 6.45) is 57.2. The van der Waals surface area contributed by atoms with Crippen molar-refractivity contribution in [3.63, 3.8) is 0 Å². The summed E-state index contributed by atoms with van der Waals surface area (Å²) in [6, 6.07) is 0. The van der Waals surface area contributed by atoms with Crippen LogP contribution in [0.4, 0.5) is 0 Å². The van der Waals surface area contributed by atoms with Gasteiger partial charge in [-0.05, 0) is 178 Å². The molecule has 2 atom stereocenters. The van der Waals surface area contributed by atoms with Gasteiger partial charge in [0.2, 0.25) is 0 Å². The van der Waals surface area contributed by atoms with E-state index in [-0.39, 0.29) is 11.5 Å². The Morgan fingerprint density at radius 3 is 2.07 bits per heavy atom. The van der Waals surface area contributed by atoms with E-state index in [1.807, 2.05) is 0 Å². The summed E-state index contributed by atoms with van der Waals surface area (Å²) in [4.78, 5) is 0. The number of allylic oxidation sites excluding steroid dienone is 28. The van der Waals surface area contributed by atoms with Gasteiger partial charge >= 0.3 is 0 Å². The zero-order valence-electron chi connectivity index (χ0n) is 36.4. The lowest BCUT2D eigenvalue weighted by molar-refractivity contribution is 0.161. The third kappa shape index (κ3) is 7.83. The van der Waals surface area contributed by atoms with Crippen LogP contribution in [0.15, 0.2) is 175 Å². The van der Waals surface area contributed by atoms with E-state index >= 15 is 0 Å². The maximum atomic E-state index is 9.98. The third-order valence-corrected chi connectivity index (χ3v) is 15.4. The van der Waals surface area contributed by atoms with E-state index in [4.69, 9.17) is 0 Å². The Kier molecular flexibility index (Phi) is 12.3. The lowest BCUT2D eigenvalue weighted by atomic mass is 9.61. The fourth-order valence-electron chi connectivity index (χ4n) is 11.3. The number of aliphatic hydroxyl groups excluding tert-OH is 1. The van der Waals surface area contributed by atoms with Gasteiger partial charge in [-0.25, -0.2) is 0 Å². The summed E-state index contributed by atoms with van der Waals surface area (Å²) >= 11 is 0. The molecule has 0 aromatic heterocycles. The molecule has 0 aromatic carbocycles. The zero-order chi connectivity index (χ0) is 40.3. The number of fused-ring (bicyclic) bond motifs is 1. The molecule has 8 aliphatic rings. The second-order valence-corrected chi connectivity index (χ2v) is 18.4. The molecule has 2 N–H and O–H groups in total. The highest BCUT2D eigenvalue weighted by atomic mass is 16.3. The molecule has 8 rings (SSSR count). The van der Waals surface area contributed by atoms with E-state index in [0.29, 0.717) is 11.3 Å². The van der Waals surface area contributed by atoms with Gasteiger partial charge < -0.3 is 10.4 Å². The van der Waals surface area contributed by atoms with Crippen molar-refractivity contribution >= 4 is 0 Å². The first kappa shape index (κ1) is 40.6. The zero-order valence-corrected chi connectivity index (χ0v) is 36.4. The van der Waals surface area contributed by atoms with Crippen molar-refractivity contribution in [1.82, 2.24) is 5.32 Å². The first-order chi connectivity index (χ1) is 28.3. The number of aliphatic hydroxyl groups is 1. The molecule has 58 heavy (non-hydrogen) atoms. The lowest BCUT2D eigenvalue weighted by Crippen LogP contribution is -2.30. The van der Waals surface area contributed by atoms with Crippen LogP contribution in [0.3, 0.4) is 0 Å². The molecule has 2 nitrogen and oxygen atoms in total. The Hall–Kier alpha value is -4.14. The molecule has 0 aliphatic heterocycles. The average Bonchev–Trinajstić information content (AvgIpc) is 3.58. The van der Waals surface area contributed by atoms with Crippen LogP contribution in [0, 0.1) is 16.7 Å². The van der Waals surface area contributed by atoms with E-state index in [1.54, 1.807) is 44.6 Å². The molecule has 0 spiro atoms. The number of hydrogen-bond donors (Lipinski definition) is 2. The van der Waals surface area contributed by atoms with E-state index in [0.717, 1.165) is 70.6 Å². The van der Waals surface area contributed by atoms with Crippen LogP contribution in [0.2, 0.25) is 0 Å². The first-order valence-electron chi connectivity index (χ1n) is 23.2. The van der Waals surface area contributed by atoms with Gasteiger partial charge in [-0.2, -0.15) is 0 Å². The average molecular weight is 772 g/mol. The van der Waals surface area contributed by atoms with Gasteiger partial charge in [-0.3, -0.25) is 0 Å². The molecule has 0 saturated carbocycles. The van der Waals surface area contributed by atoms with E-state index in [9.17, 15) is 5.11 Å². The summed E-state index contributed by atoms with van der Waals surface area (Å²) in [5, 5.41) is 13.7. The van der Waals surface area contributed by atoms with E-state index < -0.39 is 0 Å². The van der Waals surface area contributed by atoms with Crippen LogP contribution >= 0.6 is 0 Å². The topological polar surface area (TPSA) is 32.3 Å². The molecule has 0 fully saturated rings. The predicted octanol–water partition coefficient (Wildman–Crippen LogP) is 14.8. The monoisotopic (exact) mass is 772 g/mol. The smallest absolute Gasteiger partial charge is 0.0632 e. The molecule has 0 heterocycles. The van der Waals surface area contributed by atoms with Gasteiger partial charge in [0, 0.05) is 17.3 Å². The van der Waals surface area contributed by atoms with Crippen molar-refractivity contribution in [2.75, 3.05) is 0 Å². The Morgan fingerprint density at radius 1 is 0.759 bits per heavy atom. The quantitative estimate of drug-likeness (QED) is 0.153. The molecule has 0 amide bonds. The maximum Gasteiger partial charge on any atom is 0.0632 e. The van der Waals surface area contributed by atoms with Crippen LogP contribution in [-0.4, -0.2) is 11.2 Å². The van der Waals surface area contributed by atoms with Gasteiger partial charge in [0.25, 0.3) is 0 Å². The van der Waals surface area contributed by atoms with E-state index in [2.05, 4.69) is 137 Å². The summed E-state index contributed by atoms with van der Waals surface area (Å²) in [7, 11) is 0. The highest BCUT2D eigenvalue weighted by Gasteiger charge is 2.49. The van der Waals surface area contributed by atoms with Gasteiger partial charge in [0.1, 0.15) is 0 Å². The Balaban J connectivity index is 1.08. The Morgan fingerprint density at radius 2 is 1.48 bits per heavy atom. The second-order valence-electron chi connectivity index (χ2n) is 18.4. The predicted molar refractivity (Wildman–Crippen MR) is 247 cm³/mol. The SMILES string of the molecule is CC/C(=C\C=C(/C)C1=CC=C(NC2=CC(C3=CCC(O)CC3)CC=C2)CC1)C1(C2=CC=C(C3=CC=C(C(C)(CC)CC)CC3)CC2)C2=C(CCC=C2)C2=C1C=CCC2. The minimum Gasteiger partial charge on any atom is -0.393 e. The Bertz CT molecular complexity index is 2100. The van der Waals surface area contributed by atoms with Crippen LogP contribution < -0.4 is 5.32 Å². The van der Waals surface area contributed by atoms with Crippen molar-refractivity contribution < 1.29 is 5.11 Å². The van der Waals surface area contributed by atoms with Crippen molar-refractivity contribution in [2.24, 2.45) is 16.7 Å². The molecule has 0 radical (unpaired) electrons. The van der Waals surface area contributed by atoms with E-state index in [1.165, 1.54) is 72.2 Å². The van der Waals surface area contributed by atoms with Crippen molar-refractivity contribution in [2.45, 2.75) is 150 Å². The highest BCUT2D eigenvalue weighted by molar-refractivity contribution is 5.72. The fourth-order valence-corrected chi connectivity index (χ4v) is 11.3. The fraction of sp³-hybridized carbons (Fsp3) is 0.464. The van der Waals surface area contributed by atoms with Crippen molar-refractivity contribution in [3.8, 4) is 0 Å². The van der Waals surface area contributed by atoms with Crippen LogP contribution in [0.1, 0.15) is 144 Å². The summed E-state index contributed by atoms with van der Waals surface area (Å²) < 4.78 is 0. The first-order valence-corrected chi connectivity index (χ1v) is 23.2. The maximum absolute atomic E-state index is 9.98. The Labute approximate surface area is 351 Å². The molecular weight excluding hydrogens is 703 g/mol. The second kappa shape index (κ2) is 17.6. The van der Waals surface area contributed by atoms with Gasteiger partial charge in [-0.15, -0.1) is 0 Å².